The number of halogens is 1. The van der Waals surface area contributed by atoms with Crippen molar-refractivity contribution in [2.45, 2.75) is 23.8 Å². The number of anilines is 2. The highest BCUT2D eigenvalue weighted by molar-refractivity contribution is 7.90. The summed E-state index contributed by atoms with van der Waals surface area (Å²) in [6.07, 6.45) is 1.03. The van der Waals surface area contributed by atoms with Crippen molar-refractivity contribution in [3.63, 3.8) is 0 Å². The first-order valence-electron chi connectivity index (χ1n) is 13.9. The maximum Gasteiger partial charge on any atom is 0.342 e. The molecule has 4 aromatic rings. The fraction of sp³-hybridized carbons (Fsp3) is 0.269. The second kappa shape index (κ2) is 17.2. The van der Waals surface area contributed by atoms with Gasteiger partial charge in [0.25, 0.3) is 20.0 Å². The predicted molar refractivity (Wildman–Crippen MR) is 176 cm³/mol. The number of carbonyl (C=O) groups is 3. The van der Waals surface area contributed by atoms with Crippen LogP contribution in [0.4, 0.5) is 21.5 Å². The summed E-state index contributed by atoms with van der Waals surface area (Å²) in [5.74, 6) is -0.846. The van der Waals surface area contributed by atoms with Crippen LogP contribution in [0.2, 0.25) is 5.02 Å². The van der Waals surface area contributed by atoms with Crippen molar-refractivity contribution < 1.29 is 50.2 Å². The van der Waals surface area contributed by atoms with Gasteiger partial charge >= 0.3 is 24.0 Å². The summed E-state index contributed by atoms with van der Waals surface area (Å²) in [4.78, 5) is 54.8. The van der Waals surface area contributed by atoms with Crippen LogP contribution in [0.25, 0.3) is 0 Å². The van der Waals surface area contributed by atoms with E-state index in [0.29, 0.717) is 5.82 Å². The van der Waals surface area contributed by atoms with Crippen LogP contribution in [0.3, 0.4) is 0 Å². The summed E-state index contributed by atoms with van der Waals surface area (Å²) in [6, 6.07) is 4.86. The van der Waals surface area contributed by atoms with Gasteiger partial charge in [0.1, 0.15) is 16.3 Å². The Labute approximate surface area is 295 Å². The van der Waals surface area contributed by atoms with E-state index in [1.807, 2.05) is 4.72 Å². The number of benzene rings is 1. The van der Waals surface area contributed by atoms with Gasteiger partial charge in [0.2, 0.25) is 23.7 Å². The van der Waals surface area contributed by atoms with Crippen LogP contribution in [-0.4, -0.2) is 97.5 Å². The second-order valence-corrected chi connectivity index (χ2v) is 12.9. The van der Waals surface area contributed by atoms with E-state index < -0.39 is 43.1 Å². The number of urea groups is 2. The number of nitrogens with one attached hydrogen (secondary N) is 4. The lowest BCUT2D eigenvalue weighted by atomic mass is 10.4. The van der Waals surface area contributed by atoms with Gasteiger partial charge in [-0.05, 0) is 26.0 Å². The Bertz CT molecular complexity index is 2110. The van der Waals surface area contributed by atoms with Crippen LogP contribution in [0.15, 0.2) is 46.5 Å². The van der Waals surface area contributed by atoms with Crippen molar-refractivity contribution in [2.75, 3.05) is 38.6 Å². The van der Waals surface area contributed by atoms with E-state index in [1.54, 1.807) is 24.6 Å². The van der Waals surface area contributed by atoms with Crippen molar-refractivity contribution in [1.82, 2.24) is 44.1 Å². The number of aryl methyl sites for hydroxylation is 2. The third-order valence-corrected chi connectivity index (χ3v) is 8.95. The SMILES string of the molecule is CCOC(=O)c1cnn(C)c1S(=O)(=O)NC(=O)Nc1nc(OC)cc(OC)n1.COc1nc(C)nc(NC(=O)NS(=O)(=O)c2ccccc2Cl)n1. The monoisotopic (exact) mass is 771 g/mol. The lowest BCUT2D eigenvalue weighted by Crippen LogP contribution is -2.36. The maximum absolute atomic E-state index is 12.6. The highest BCUT2D eigenvalue weighted by Gasteiger charge is 2.30. The van der Waals surface area contributed by atoms with Gasteiger partial charge in [-0.15, -0.1) is 0 Å². The normalized spacial score (nSPS) is 10.9. The van der Waals surface area contributed by atoms with E-state index in [9.17, 15) is 31.2 Å². The molecule has 0 spiro atoms. The molecule has 3 heterocycles. The van der Waals surface area contributed by atoms with Crippen LogP contribution >= 0.6 is 11.6 Å². The van der Waals surface area contributed by atoms with Crippen molar-refractivity contribution in [3.05, 3.63) is 52.9 Å². The largest absolute Gasteiger partial charge is 0.481 e. The number of methoxy groups -OCH3 is 3. The van der Waals surface area contributed by atoms with Gasteiger partial charge in [0.05, 0.1) is 45.2 Å². The minimum atomic E-state index is -4.47. The number of esters is 1. The molecule has 0 unspecified atom stereocenters. The molecule has 0 atom stereocenters. The van der Waals surface area contributed by atoms with Gasteiger partial charge in [-0.2, -0.15) is 38.4 Å². The van der Waals surface area contributed by atoms with Crippen molar-refractivity contribution in [1.29, 1.82) is 0 Å². The van der Waals surface area contributed by atoms with Gasteiger partial charge in [-0.3, -0.25) is 15.3 Å². The molecule has 51 heavy (non-hydrogen) atoms. The molecule has 1 aromatic carbocycles. The topological polar surface area (TPSA) is 287 Å². The van der Waals surface area contributed by atoms with E-state index in [-0.39, 0.29) is 51.8 Å². The molecule has 274 valence electrons. The summed E-state index contributed by atoms with van der Waals surface area (Å²) < 4.78 is 73.3. The summed E-state index contributed by atoms with van der Waals surface area (Å²) in [7, 11) is -3.28. The third kappa shape index (κ3) is 10.8. The van der Waals surface area contributed by atoms with Crippen molar-refractivity contribution in [2.24, 2.45) is 7.05 Å². The maximum atomic E-state index is 12.6. The zero-order chi connectivity index (χ0) is 37.9. The smallest absolute Gasteiger partial charge is 0.342 e. The first-order chi connectivity index (χ1) is 24.0. The summed E-state index contributed by atoms with van der Waals surface area (Å²) in [5.41, 5.74) is -0.316. The molecule has 4 amide bonds. The summed E-state index contributed by atoms with van der Waals surface area (Å²) in [5, 5.41) is 7.52. The Balaban J connectivity index is 0.000000281. The number of hydrogen-bond acceptors (Lipinski definition) is 17. The van der Waals surface area contributed by atoms with Crippen LogP contribution in [-0.2, 0) is 31.8 Å². The van der Waals surface area contributed by atoms with Gasteiger partial charge in [0.15, 0.2) is 5.03 Å². The van der Waals surface area contributed by atoms with Crippen LogP contribution in [0, 0.1) is 6.92 Å². The molecule has 4 N–H and O–H groups in total. The molecule has 0 saturated heterocycles. The van der Waals surface area contributed by atoms with Crippen LogP contribution in [0.1, 0.15) is 23.1 Å². The zero-order valence-electron chi connectivity index (χ0n) is 27.5. The molecule has 0 aliphatic rings. The fourth-order valence-corrected chi connectivity index (χ4v) is 6.27. The first kappa shape index (κ1) is 39.6. The van der Waals surface area contributed by atoms with E-state index in [2.05, 4.69) is 40.7 Å². The molecular weight excluding hydrogens is 742 g/mol. The van der Waals surface area contributed by atoms with E-state index in [0.717, 1.165) is 10.9 Å². The number of nitrogens with zero attached hydrogens (tertiary/aromatic N) is 7. The highest BCUT2D eigenvalue weighted by atomic mass is 35.5. The molecule has 0 bridgehead atoms. The number of ether oxygens (including phenoxy) is 4. The van der Waals surface area contributed by atoms with E-state index in [1.165, 1.54) is 52.6 Å². The third-order valence-electron chi connectivity index (χ3n) is 5.67. The Morgan fingerprint density at radius 3 is 1.94 bits per heavy atom. The zero-order valence-corrected chi connectivity index (χ0v) is 29.9. The van der Waals surface area contributed by atoms with Gasteiger partial charge in [-0.1, -0.05) is 23.7 Å². The van der Waals surface area contributed by atoms with E-state index in [4.69, 9.17) is 30.5 Å². The minimum Gasteiger partial charge on any atom is -0.481 e. The van der Waals surface area contributed by atoms with Gasteiger partial charge < -0.3 is 18.9 Å². The van der Waals surface area contributed by atoms with Crippen LogP contribution in [0.5, 0.6) is 17.8 Å². The molecule has 25 heteroatoms. The molecule has 0 aliphatic heterocycles. The van der Waals surface area contributed by atoms with Crippen molar-refractivity contribution in [3.8, 4) is 17.8 Å². The first-order valence-corrected chi connectivity index (χ1v) is 17.2. The average Bonchev–Trinajstić information content (AvgIpc) is 3.46. The lowest BCUT2D eigenvalue weighted by Gasteiger charge is -2.10. The van der Waals surface area contributed by atoms with Gasteiger partial charge in [-0.25, -0.2) is 32.2 Å². The molecule has 0 saturated carbocycles. The quantitative estimate of drug-likeness (QED) is 0.156. The molecule has 3 aromatic heterocycles. The Morgan fingerprint density at radius 2 is 1.39 bits per heavy atom. The molecule has 22 nitrogen and oxygen atoms in total. The fourth-order valence-electron chi connectivity index (χ4n) is 3.63. The Morgan fingerprint density at radius 1 is 0.824 bits per heavy atom. The molecule has 4 rings (SSSR count). The Hall–Kier alpha value is -5.88. The number of sulfonamides is 2. The van der Waals surface area contributed by atoms with Crippen molar-refractivity contribution >= 4 is 61.6 Å². The average molecular weight is 772 g/mol. The molecular formula is C26H30ClN11O11S2. The molecule has 0 aliphatic carbocycles. The number of rotatable bonds is 11. The molecule has 0 radical (unpaired) electrons. The van der Waals surface area contributed by atoms with E-state index >= 15 is 0 Å². The van der Waals surface area contributed by atoms with Gasteiger partial charge in [0, 0.05) is 7.05 Å². The molecule has 0 fully saturated rings. The standard InChI is InChI=1S/C14H18N6O7S.C12H12ClN5O4S/c1-5-27-12(21)8-7-15-20(2)11(8)28(23,24)19-14(22)18-13-16-9(25-3)6-10(17-13)26-4;1-7-14-10(17-12(15-7)22-2)16-11(19)18-23(20,21)9-6-4-3-5-8(9)13/h6-7H,5H2,1-4H3,(H2,16,17,18,19,22);3-6H,1-2H3,(H2,14,15,16,17,18,19). The number of hydrogen-bond donors (Lipinski definition) is 4. The minimum absolute atomic E-state index is 0.00882. The number of aromatic nitrogens is 7. The van der Waals surface area contributed by atoms with Crippen LogP contribution < -0.4 is 34.3 Å². The number of amides is 4. The lowest BCUT2D eigenvalue weighted by molar-refractivity contribution is 0.0521. The number of carbonyl (C=O) groups excluding carboxylic acids is 3. The Kier molecular flexibility index (Phi) is 13.3. The highest BCUT2D eigenvalue weighted by Crippen LogP contribution is 2.21. The second-order valence-electron chi connectivity index (χ2n) is 9.23. The summed E-state index contributed by atoms with van der Waals surface area (Å²) >= 11 is 5.81. The summed E-state index contributed by atoms with van der Waals surface area (Å²) in [6.45, 7) is 3.17. The predicted octanol–water partition coefficient (Wildman–Crippen LogP) is 1.27.